The van der Waals surface area contributed by atoms with Crippen LogP contribution in [0.2, 0.25) is 0 Å². The van der Waals surface area contributed by atoms with Gasteiger partial charge in [-0.25, -0.2) is 4.21 Å². The van der Waals surface area contributed by atoms with Gasteiger partial charge in [-0.05, 0) is 6.92 Å². The van der Waals surface area contributed by atoms with Gasteiger partial charge < -0.3 is 9.87 Å². The maximum Gasteiger partial charge on any atom is 0.156 e. The average molecular weight is 149 g/mol. The van der Waals surface area contributed by atoms with E-state index >= 15 is 0 Å². The highest BCUT2D eigenvalue weighted by molar-refractivity contribution is 7.79. The quantitative estimate of drug-likeness (QED) is 0.535. The SMILES string of the molecule is CC(C1CNC1)S(=O)O. The third-order valence-corrected chi connectivity index (χ3v) is 2.82. The van der Waals surface area contributed by atoms with E-state index in [1.807, 2.05) is 6.92 Å². The van der Waals surface area contributed by atoms with E-state index in [4.69, 9.17) is 4.55 Å². The van der Waals surface area contributed by atoms with Crippen molar-refractivity contribution in [1.82, 2.24) is 5.32 Å². The molecule has 2 atom stereocenters. The van der Waals surface area contributed by atoms with Crippen LogP contribution in [0.1, 0.15) is 6.92 Å². The standard InChI is InChI=1S/C5H11NO2S/c1-4(9(7)8)5-2-6-3-5/h4-6H,2-3H2,1H3,(H,7,8). The van der Waals surface area contributed by atoms with Crippen LogP contribution in [0, 0.1) is 5.92 Å². The number of hydrogen-bond donors (Lipinski definition) is 2. The molecule has 1 aliphatic heterocycles. The van der Waals surface area contributed by atoms with Crippen molar-refractivity contribution in [2.75, 3.05) is 13.1 Å². The highest BCUT2D eigenvalue weighted by Crippen LogP contribution is 2.12. The Bertz CT molecular complexity index is 124. The van der Waals surface area contributed by atoms with E-state index in [-0.39, 0.29) is 5.25 Å². The van der Waals surface area contributed by atoms with Gasteiger partial charge in [-0.3, -0.25) is 0 Å². The molecule has 0 aromatic carbocycles. The lowest BCUT2D eigenvalue weighted by Gasteiger charge is -2.30. The summed E-state index contributed by atoms with van der Waals surface area (Å²) in [4.78, 5) is 0. The zero-order chi connectivity index (χ0) is 6.85. The van der Waals surface area contributed by atoms with Gasteiger partial charge in [-0.2, -0.15) is 0 Å². The molecule has 0 bridgehead atoms. The molecule has 0 saturated carbocycles. The summed E-state index contributed by atoms with van der Waals surface area (Å²) < 4.78 is 19.0. The zero-order valence-electron chi connectivity index (χ0n) is 5.33. The minimum absolute atomic E-state index is 0.0637. The largest absolute Gasteiger partial charge is 0.316 e. The normalized spacial score (nSPS) is 26.9. The molecule has 3 nitrogen and oxygen atoms in total. The maximum absolute atomic E-state index is 10.4. The Morgan fingerprint density at radius 1 is 1.78 bits per heavy atom. The molecule has 0 spiro atoms. The first-order chi connectivity index (χ1) is 4.22. The zero-order valence-corrected chi connectivity index (χ0v) is 6.15. The Morgan fingerprint density at radius 3 is 2.44 bits per heavy atom. The second-order valence-corrected chi connectivity index (χ2v) is 3.70. The molecule has 0 aromatic rings. The van der Waals surface area contributed by atoms with Gasteiger partial charge in [-0.1, -0.05) is 0 Å². The fraction of sp³-hybridized carbons (Fsp3) is 1.00. The Labute approximate surface area is 57.1 Å². The van der Waals surface area contributed by atoms with Crippen molar-refractivity contribution in [2.45, 2.75) is 12.2 Å². The molecule has 0 amide bonds. The molecule has 9 heavy (non-hydrogen) atoms. The Balaban J connectivity index is 2.32. The van der Waals surface area contributed by atoms with Gasteiger partial charge in [-0.15, -0.1) is 0 Å². The van der Waals surface area contributed by atoms with Gasteiger partial charge >= 0.3 is 0 Å². The van der Waals surface area contributed by atoms with Gasteiger partial charge in [0.1, 0.15) is 0 Å². The van der Waals surface area contributed by atoms with E-state index < -0.39 is 11.1 Å². The molecule has 0 aromatic heterocycles. The molecule has 1 aliphatic rings. The molecule has 4 heteroatoms. The molecule has 1 saturated heterocycles. The van der Waals surface area contributed by atoms with Gasteiger partial charge in [0, 0.05) is 19.0 Å². The third kappa shape index (κ3) is 1.50. The van der Waals surface area contributed by atoms with E-state index in [1.165, 1.54) is 0 Å². The van der Waals surface area contributed by atoms with Crippen LogP contribution in [0.15, 0.2) is 0 Å². The lowest BCUT2D eigenvalue weighted by Crippen LogP contribution is -2.48. The molecule has 1 heterocycles. The summed E-state index contributed by atoms with van der Waals surface area (Å²) in [5.41, 5.74) is 0. The summed E-state index contributed by atoms with van der Waals surface area (Å²) in [5, 5.41) is 2.99. The molecular weight excluding hydrogens is 138 g/mol. The summed E-state index contributed by atoms with van der Waals surface area (Å²) in [7, 11) is 0. The van der Waals surface area contributed by atoms with Crippen LogP contribution in [-0.2, 0) is 11.1 Å². The lowest BCUT2D eigenvalue weighted by atomic mass is 10.0. The number of rotatable bonds is 2. The van der Waals surface area contributed by atoms with E-state index in [0.29, 0.717) is 5.92 Å². The highest BCUT2D eigenvalue weighted by Gasteiger charge is 2.26. The minimum Gasteiger partial charge on any atom is -0.316 e. The Kier molecular flexibility index (Phi) is 2.21. The van der Waals surface area contributed by atoms with Crippen LogP contribution in [0.5, 0.6) is 0 Å². The Morgan fingerprint density at radius 2 is 2.33 bits per heavy atom. The lowest BCUT2D eigenvalue weighted by molar-refractivity contribution is 0.335. The second-order valence-electron chi connectivity index (χ2n) is 2.40. The van der Waals surface area contributed by atoms with E-state index in [1.54, 1.807) is 0 Å². The molecule has 0 aliphatic carbocycles. The minimum atomic E-state index is -1.63. The van der Waals surface area contributed by atoms with Crippen LogP contribution >= 0.6 is 0 Å². The van der Waals surface area contributed by atoms with Crippen molar-refractivity contribution in [1.29, 1.82) is 0 Å². The topological polar surface area (TPSA) is 49.3 Å². The highest BCUT2D eigenvalue weighted by atomic mass is 32.2. The summed E-state index contributed by atoms with van der Waals surface area (Å²) >= 11 is -1.63. The van der Waals surface area contributed by atoms with E-state index in [2.05, 4.69) is 5.32 Å². The predicted molar refractivity (Wildman–Crippen MR) is 36.6 cm³/mol. The fourth-order valence-electron chi connectivity index (χ4n) is 0.808. The van der Waals surface area contributed by atoms with Crippen molar-refractivity contribution in [3.63, 3.8) is 0 Å². The van der Waals surface area contributed by atoms with Crippen LogP contribution < -0.4 is 5.32 Å². The second kappa shape index (κ2) is 2.77. The summed E-state index contributed by atoms with van der Waals surface area (Å²) in [6, 6.07) is 0. The van der Waals surface area contributed by atoms with Gasteiger partial charge in [0.25, 0.3) is 0 Å². The van der Waals surface area contributed by atoms with Crippen LogP contribution in [0.4, 0.5) is 0 Å². The average Bonchev–Trinajstić information content (AvgIpc) is 1.60. The smallest absolute Gasteiger partial charge is 0.156 e. The molecule has 1 fully saturated rings. The molecule has 2 unspecified atom stereocenters. The van der Waals surface area contributed by atoms with Crippen molar-refractivity contribution >= 4 is 11.1 Å². The van der Waals surface area contributed by atoms with E-state index in [0.717, 1.165) is 13.1 Å². The molecule has 1 rings (SSSR count). The first-order valence-electron chi connectivity index (χ1n) is 3.02. The van der Waals surface area contributed by atoms with Crippen molar-refractivity contribution in [2.24, 2.45) is 5.92 Å². The maximum atomic E-state index is 10.4. The van der Waals surface area contributed by atoms with Crippen molar-refractivity contribution in [3.8, 4) is 0 Å². The summed E-state index contributed by atoms with van der Waals surface area (Å²) in [6.07, 6.45) is 0. The number of nitrogens with one attached hydrogen (secondary N) is 1. The first kappa shape index (κ1) is 7.18. The van der Waals surface area contributed by atoms with Crippen molar-refractivity contribution in [3.05, 3.63) is 0 Å². The van der Waals surface area contributed by atoms with Crippen LogP contribution in [0.25, 0.3) is 0 Å². The molecule has 54 valence electrons. The third-order valence-electron chi connectivity index (χ3n) is 1.79. The van der Waals surface area contributed by atoms with Crippen LogP contribution in [-0.4, -0.2) is 27.1 Å². The monoisotopic (exact) mass is 149 g/mol. The molecule has 2 N–H and O–H groups in total. The molecular formula is C5H11NO2S. The predicted octanol–water partition coefficient (Wildman–Crippen LogP) is -0.184. The molecule has 0 radical (unpaired) electrons. The summed E-state index contributed by atoms with van der Waals surface area (Å²) in [6.45, 7) is 3.60. The number of hydrogen-bond acceptors (Lipinski definition) is 2. The summed E-state index contributed by atoms with van der Waals surface area (Å²) in [5.74, 6) is 0.413. The fourth-order valence-corrected chi connectivity index (χ4v) is 1.33. The van der Waals surface area contributed by atoms with Crippen LogP contribution in [0.3, 0.4) is 0 Å². The van der Waals surface area contributed by atoms with Gasteiger partial charge in [0.15, 0.2) is 11.1 Å². The Hall–Kier alpha value is 0.0700. The van der Waals surface area contributed by atoms with Gasteiger partial charge in [0.2, 0.25) is 0 Å². The van der Waals surface area contributed by atoms with Crippen molar-refractivity contribution < 1.29 is 8.76 Å². The van der Waals surface area contributed by atoms with E-state index in [9.17, 15) is 4.21 Å². The van der Waals surface area contributed by atoms with Gasteiger partial charge in [0.05, 0.1) is 5.25 Å². The first-order valence-corrected chi connectivity index (χ1v) is 4.19.